The van der Waals surface area contributed by atoms with E-state index in [4.69, 9.17) is 0 Å². The van der Waals surface area contributed by atoms with Gasteiger partial charge in [-0.1, -0.05) is 10.7 Å². The second kappa shape index (κ2) is 9.53. The average Bonchev–Trinajstić information content (AvgIpc) is 2.62. The van der Waals surface area contributed by atoms with Crippen LogP contribution in [-0.4, -0.2) is 70.7 Å². The molecular weight excluding hydrogens is 581 g/mol. The van der Waals surface area contributed by atoms with Crippen molar-refractivity contribution < 1.29 is 88.2 Å². The molecule has 0 unspecified atom stereocenters. The summed E-state index contributed by atoms with van der Waals surface area (Å²) in [4.78, 5) is 10.9. The molecule has 0 atom stereocenters. The molecule has 1 N–H and O–H groups in total. The van der Waals surface area contributed by atoms with Crippen LogP contribution in [0, 0.1) is 0 Å². The Balaban J connectivity index is 6.03. The standard InChI is InChI=1S/C12H10F13NO7S2/c1-5(2)6(27)33-4-32-3-7(13,14)11(22,23)34(28,29)26-35(30,31)12(24,25)9(17,18)8(15,16)10(19,20)21/h26H,1,3-4H2,2H3. The van der Waals surface area contributed by atoms with Crippen LogP contribution in [0.4, 0.5) is 57.1 Å². The number of rotatable bonds is 12. The molecule has 0 heterocycles. The number of carbonyl (C=O) groups excluding carboxylic acids is 1. The van der Waals surface area contributed by atoms with Crippen LogP contribution in [0.1, 0.15) is 6.92 Å². The van der Waals surface area contributed by atoms with E-state index >= 15 is 0 Å². The minimum atomic E-state index is -8.24. The normalized spacial score (nSPS) is 15.1. The van der Waals surface area contributed by atoms with Crippen LogP contribution in [0.2, 0.25) is 0 Å². The third-order valence-electron chi connectivity index (χ3n) is 3.34. The van der Waals surface area contributed by atoms with Crippen LogP contribution in [0.25, 0.3) is 0 Å². The van der Waals surface area contributed by atoms with Gasteiger partial charge < -0.3 is 9.47 Å². The zero-order valence-electron chi connectivity index (χ0n) is 16.2. The van der Waals surface area contributed by atoms with Gasteiger partial charge >= 0.3 is 40.4 Å². The highest BCUT2D eigenvalue weighted by Gasteiger charge is 2.86. The minimum Gasteiger partial charge on any atom is -0.435 e. The molecule has 0 fully saturated rings. The van der Waals surface area contributed by atoms with E-state index in [0.29, 0.717) is 0 Å². The molecule has 8 nitrogen and oxygen atoms in total. The lowest BCUT2D eigenvalue weighted by Gasteiger charge is -2.33. The van der Waals surface area contributed by atoms with Gasteiger partial charge in [-0.2, -0.15) is 57.1 Å². The Morgan fingerprint density at radius 2 is 1.17 bits per heavy atom. The van der Waals surface area contributed by atoms with E-state index in [0.717, 1.165) is 6.92 Å². The lowest BCUT2D eigenvalue weighted by atomic mass is 10.1. The highest BCUT2D eigenvalue weighted by atomic mass is 32.3. The largest absolute Gasteiger partial charge is 0.460 e. The molecule has 0 amide bonds. The lowest BCUT2D eigenvalue weighted by Crippen LogP contribution is -2.66. The Morgan fingerprint density at radius 1 is 0.771 bits per heavy atom. The van der Waals surface area contributed by atoms with Crippen molar-refractivity contribution in [1.82, 2.24) is 4.13 Å². The monoisotopic (exact) mass is 591 g/mol. The third kappa shape index (κ3) is 5.93. The molecule has 23 heteroatoms. The first-order valence-corrected chi connectivity index (χ1v) is 10.6. The maximum absolute atomic E-state index is 13.7. The van der Waals surface area contributed by atoms with Gasteiger partial charge in [0.05, 0.1) is 0 Å². The number of ether oxygens (including phenoxy) is 2. The van der Waals surface area contributed by atoms with Crippen LogP contribution >= 0.6 is 0 Å². The van der Waals surface area contributed by atoms with Gasteiger partial charge in [0.15, 0.2) is 6.79 Å². The molecule has 0 aliphatic rings. The highest BCUT2D eigenvalue weighted by Crippen LogP contribution is 2.54. The molecule has 0 rings (SSSR count). The van der Waals surface area contributed by atoms with Crippen molar-refractivity contribution >= 4 is 26.0 Å². The number of carbonyl (C=O) groups is 1. The number of hydrogen-bond acceptors (Lipinski definition) is 7. The zero-order chi connectivity index (χ0) is 28.7. The summed E-state index contributed by atoms with van der Waals surface area (Å²) in [5, 5.41) is -14.7. The number of sulfonamides is 2. The van der Waals surface area contributed by atoms with Gasteiger partial charge in [-0.25, -0.2) is 21.6 Å². The average molecular weight is 591 g/mol. The first kappa shape index (κ1) is 33.1. The molecule has 0 saturated carbocycles. The van der Waals surface area contributed by atoms with Crippen molar-refractivity contribution in [3.63, 3.8) is 0 Å². The van der Waals surface area contributed by atoms with Crippen LogP contribution in [0.3, 0.4) is 0 Å². The summed E-state index contributed by atoms with van der Waals surface area (Å²) in [7, 11) is -16.1. The Kier molecular flexibility index (Phi) is 9.02. The van der Waals surface area contributed by atoms with Crippen molar-refractivity contribution in [2.45, 2.75) is 41.4 Å². The smallest absolute Gasteiger partial charge is 0.435 e. The molecule has 208 valence electrons. The van der Waals surface area contributed by atoms with Crippen molar-refractivity contribution in [3.8, 4) is 0 Å². The molecule has 0 aliphatic carbocycles. The summed E-state index contributed by atoms with van der Waals surface area (Å²) in [5.41, 5.74) is -0.378. The van der Waals surface area contributed by atoms with E-state index in [1.54, 1.807) is 0 Å². The van der Waals surface area contributed by atoms with E-state index in [1.165, 1.54) is 0 Å². The fraction of sp³-hybridized carbons (Fsp3) is 0.750. The second-order valence-electron chi connectivity index (χ2n) is 6.15. The Bertz CT molecular complexity index is 1040. The summed E-state index contributed by atoms with van der Waals surface area (Å²) in [6, 6.07) is 0. The summed E-state index contributed by atoms with van der Waals surface area (Å²) in [5.74, 6) is -23.4. The van der Waals surface area contributed by atoms with E-state index in [-0.39, 0.29) is 5.57 Å². The molecule has 0 aromatic heterocycles. The fourth-order valence-electron chi connectivity index (χ4n) is 1.45. The molecular formula is C12H10F13NO7S2. The van der Waals surface area contributed by atoms with Gasteiger partial charge in [0.2, 0.25) is 0 Å². The van der Waals surface area contributed by atoms with Gasteiger partial charge in [0.25, 0.3) is 20.0 Å². The van der Waals surface area contributed by atoms with Crippen molar-refractivity contribution in [3.05, 3.63) is 12.2 Å². The van der Waals surface area contributed by atoms with Crippen molar-refractivity contribution in [2.24, 2.45) is 0 Å². The predicted molar refractivity (Wildman–Crippen MR) is 83.5 cm³/mol. The first-order chi connectivity index (χ1) is 15.0. The molecule has 0 radical (unpaired) electrons. The number of halogens is 13. The van der Waals surface area contributed by atoms with Gasteiger partial charge in [-0.3, -0.25) is 0 Å². The number of esters is 1. The topological polar surface area (TPSA) is 116 Å². The second-order valence-corrected chi connectivity index (χ2v) is 9.86. The predicted octanol–water partition coefficient (Wildman–Crippen LogP) is 2.98. The fourth-order valence-corrected chi connectivity index (χ4v) is 4.36. The molecule has 0 aliphatic heterocycles. The van der Waals surface area contributed by atoms with E-state index in [9.17, 15) is 78.7 Å². The Morgan fingerprint density at radius 3 is 1.54 bits per heavy atom. The number of hydrogen-bond donors (Lipinski definition) is 1. The lowest BCUT2D eigenvalue weighted by molar-refractivity contribution is -0.382. The van der Waals surface area contributed by atoms with E-state index in [2.05, 4.69) is 16.1 Å². The first-order valence-electron chi connectivity index (χ1n) is 7.67. The third-order valence-corrected chi connectivity index (χ3v) is 7.00. The van der Waals surface area contributed by atoms with Gasteiger partial charge in [-0.05, 0) is 6.92 Å². The molecule has 0 aromatic rings. The van der Waals surface area contributed by atoms with E-state index < -0.39 is 78.0 Å². The van der Waals surface area contributed by atoms with Crippen LogP contribution in [-0.2, 0) is 34.3 Å². The van der Waals surface area contributed by atoms with Gasteiger partial charge in [-0.15, -0.1) is 0 Å². The van der Waals surface area contributed by atoms with Crippen LogP contribution < -0.4 is 4.13 Å². The number of nitrogens with one attached hydrogen (secondary N) is 1. The molecule has 0 saturated heterocycles. The number of alkyl halides is 13. The zero-order valence-corrected chi connectivity index (χ0v) is 17.8. The van der Waals surface area contributed by atoms with Crippen molar-refractivity contribution in [2.75, 3.05) is 13.4 Å². The summed E-state index contributed by atoms with van der Waals surface area (Å²) in [6.07, 6.45) is -7.59. The van der Waals surface area contributed by atoms with Crippen molar-refractivity contribution in [1.29, 1.82) is 0 Å². The molecule has 35 heavy (non-hydrogen) atoms. The van der Waals surface area contributed by atoms with E-state index in [1.807, 2.05) is 0 Å². The van der Waals surface area contributed by atoms with Crippen LogP contribution in [0.5, 0.6) is 0 Å². The molecule has 0 aromatic carbocycles. The summed E-state index contributed by atoms with van der Waals surface area (Å²) in [6.45, 7) is -0.391. The SMILES string of the molecule is C=C(C)C(=O)OCOCC(F)(F)C(F)(F)S(=O)(=O)NS(=O)(=O)C(F)(F)C(F)(F)C(F)(F)C(F)(F)F. The van der Waals surface area contributed by atoms with Gasteiger partial charge in [0, 0.05) is 5.57 Å². The quantitative estimate of drug-likeness (QED) is 0.122. The molecule has 0 bridgehead atoms. The Hall–Kier alpha value is -1.88. The molecule has 0 spiro atoms. The highest BCUT2D eigenvalue weighted by molar-refractivity contribution is 8.05. The summed E-state index contributed by atoms with van der Waals surface area (Å²) < 4.78 is 221. The van der Waals surface area contributed by atoms with Gasteiger partial charge in [0.1, 0.15) is 6.61 Å². The minimum absolute atomic E-state index is 0.378. The Labute approximate surface area is 186 Å². The maximum atomic E-state index is 13.7. The summed E-state index contributed by atoms with van der Waals surface area (Å²) >= 11 is 0. The van der Waals surface area contributed by atoms with Crippen LogP contribution in [0.15, 0.2) is 12.2 Å². The maximum Gasteiger partial charge on any atom is 0.460 e.